The van der Waals surface area contributed by atoms with Crippen molar-refractivity contribution in [3.63, 3.8) is 0 Å². The Morgan fingerprint density at radius 2 is 2.05 bits per heavy atom. The van der Waals surface area contributed by atoms with Gasteiger partial charge in [-0.05, 0) is 12.5 Å². The van der Waals surface area contributed by atoms with E-state index in [4.69, 9.17) is 5.84 Å². The predicted octanol–water partition coefficient (Wildman–Crippen LogP) is 0.136. The van der Waals surface area contributed by atoms with E-state index in [9.17, 15) is 19.7 Å². The predicted molar refractivity (Wildman–Crippen MR) is 76.5 cm³/mol. The molecule has 0 saturated heterocycles. The van der Waals surface area contributed by atoms with Crippen molar-refractivity contribution in [3.8, 4) is 0 Å². The highest BCUT2D eigenvalue weighted by molar-refractivity contribution is 6.02. The smallest absolute Gasteiger partial charge is 0.294 e. The topological polar surface area (TPSA) is 139 Å². The van der Waals surface area contributed by atoms with Gasteiger partial charge in [0.15, 0.2) is 0 Å². The minimum Gasteiger partial charge on any atom is -0.355 e. The first kappa shape index (κ1) is 16.4. The quantitative estimate of drug-likeness (QED) is 0.320. The SMILES string of the molecule is CCCNC(=O)CNC(=O)c1cccc([N+](=O)[O-])c1NN. The number of rotatable bonds is 7. The molecule has 1 aromatic carbocycles. The van der Waals surface area contributed by atoms with E-state index in [1.165, 1.54) is 18.2 Å². The van der Waals surface area contributed by atoms with Crippen LogP contribution in [0.25, 0.3) is 0 Å². The first-order valence-corrected chi connectivity index (χ1v) is 6.30. The van der Waals surface area contributed by atoms with Gasteiger partial charge in [0, 0.05) is 12.6 Å². The number of nitrogen functional groups attached to an aromatic ring is 1. The average Bonchev–Trinajstić information content (AvgIpc) is 2.49. The molecule has 114 valence electrons. The van der Waals surface area contributed by atoms with Gasteiger partial charge in [0.2, 0.25) is 5.91 Å². The number of hydrogen-bond donors (Lipinski definition) is 4. The van der Waals surface area contributed by atoms with Crippen LogP contribution in [0.4, 0.5) is 11.4 Å². The van der Waals surface area contributed by atoms with Gasteiger partial charge in [-0.25, -0.2) is 0 Å². The van der Waals surface area contributed by atoms with E-state index in [0.29, 0.717) is 6.54 Å². The molecule has 0 aliphatic rings. The Bertz CT molecular complexity index is 546. The molecule has 0 bridgehead atoms. The highest BCUT2D eigenvalue weighted by Gasteiger charge is 2.21. The molecule has 9 heteroatoms. The lowest BCUT2D eigenvalue weighted by Gasteiger charge is -2.10. The number of hydrazine groups is 1. The van der Waals surface area contributed by atoms with Crippen molar-refractivity contribution in [2.75, 3.05) is 18.5 Å². The molecule has 0 atom stereocenters. The Morgan fingerprint density at radius 3 is 2.62 bits per heavy atom. The fraction of sp³-hybridized carbons (Fsp3) is 0.333. The monoisotopic (exact) mass is 295 g/mol. The molecular formula is C12H17N5O4. The van der Waals surface area contributed by atoms with E-state index in [2.05, 4.69) is 16.1 Å². The van der Waals surface area contributed by atoms with Gasteiger partial charge in [-0.1, -0.05) is 13.0 Å². The second kappa shape index (κ2) is 7.80. The van der Waals surface area contributed by atoms with Gasteiger partial charge in [0.05, 0.1) is 17.0 Å². The van der Waals surface area contributed by atoms with Crippen molar-refractivity contribution in [3.05, 3.63) is 33.9 Å². The third kappa shape index (κ3) is 4.42. The summed E-state index contributed by atoms with van der Waals surface area (Å²) in [6, 6.07) is 3.96. The van der Waals surface area contributed by atoms with Gasteiger partial charge in [-0.15, -0.1) is 0 Å². The molecule has 21 heavy (non-hydrogen) atoms. The minimum absolute atomic E-state index is 0.00464. The molecule has 9 nitrogen and oxygen atoms in total. The van der Waals surface area contributed by atoms with Crippen LogP contribution in [0.2, 0.25) is 0 Å². The number of nitrogens with one attached hydrogen (secondary N) is 3. The maximum atomic E-state index is 12.0. The molecular weight excluding hydrogens is 278 g/mol. The number of hydrogen-bond acceptors (Lipinski definition) is 6. The van der Waals surface area contributed by atoms with E-state index in [1.54, 1.807) is 0 Å². The molecule has 0 radical (unpaired) electrons. The Kier molecular flexibility index (Phi) is 6.08. The first-order chi connectivity index (χ1) is 10.0. The zero-order valence-electron chi connectivity index (χ0n) is 11.5. The maximum Gasteiger partial charge on any atom is 0.294 e. The summed E-state index contributed by atoms with van der Waals surface area (Å²) in [7, 11) is 0. The summed E-state index contributed by atoms with van der Waals surface area (Å²) >= 11 is 0. The van der Waals surface area contributed by atoms with Gasteiger partial charge < -0.3 is 16.1 Å². The fourth-order valence-electron chi connectivity index (χ4n) is 1.62. The zero-order chi connectivity index (χ0) is 15.8. The van der Waals surface area contributed by atoms with Crippen LogP contribution < -0.4 is 21.9 Å². The summed E-state index contributed by atoms with van der Waals surface area (Å²) in [5.74, 6) is 4.27. The summed E-state index contributed by atoms with van der Waals surface area (Å²) in [6.07, 6.45) is 0.784. The molecule has 2 amide bonds. The van der Waals surface area contributed by atoms with Crippen molar-refractivity contribution in [1.29, 1.82) is 0 Å². The van der Waals surface area contributed by atoms with Crippen LogP contribution in [0.1, 0.15) is 23.7 Å². The standard InChI is InChI=1S/C12H17N5O4/c1-2-6-14-10(18)7-15-12(19)8-4-3-5-9(17(20)21)11(8)16-13/h3-5,16H,2,6-7,13H2,1H3,(H,14,18)(H,15,19). The largest absolute Gasteiger partial charge is 0.355 e. The summed E-state index contributed by atoms with van der Waals surface area (Å²) in [5.41, 5.74) is 1.72. The summed E-state index contributed by atoms with van der Waals surface area (Å²) in [6.45, 7) is 2.20. The van der Waals surface area contributed by atoms with Gasteiger partial charge in [-0.2, -0.15) is 0 Å². The van der Waals surface area contributed by atoms with Crippen LogP contribution in [0.15, 0.2) is 18.2 Å². The average molecular weight is 295 g/mol. The second-order valence-corrected chi connectivity index (χ2v) is 4.13. The number of carbonyl (C=O) groups excluding carboxylic acids is 2. The number of benzene rings is 1. The Balaban J connectivity index is 2.81. The van der Waals surface area contributed by atoms with Crippen molar-refractivity contribution < 1.29 is 14.5 Å². The van der Waals surface area contributed by atoms with Crippen LogP contribution in [-0.4, -0.2) is 29.8 Å². The molecule has 0 aromatic heterocycles. The van der Waals surface area contributed by atoms with Gasteiger partial charge >= 0.3 is 0 Å². The summed E-state index contributed by atoms with van der Waals surface area (Å²) in [4.78, 5) is 33.6. The Morgan fingerprint density at radius 1 is 1.33 bits per heavy atom. The number of nitrogens with two attached hydrogens (primary N) is 1. The van der Waals surface area contributed by atoms with E-state index >= 15 is 0 Å². The van der Waals surface area contributed by atoms with Crippen molar-refractivity contribution in [2.45, 2.75) is 13.3 Å². The van der Waals surface area contributed by atoms with E-state index in [-0.39, 0.29) is 29.4 Å². The highest BCUT2D eigenvalue weighted by atomic mass is 16.6. The molecule has 1 aromatic rings. The van der Waals surface area contributed by atoms with Crippen LogP contribution in [0.3, 0.4) is 0 Å². The third-order valence-corrected chi connectivity index (χ3v) is 2.61. The molecule has 0 saturated carbocycles. The third-order valence-electron chi connectivity index (χ3n) is 2.61. The molecule has 1 rings (SSSR count). The van der Waals surface area contributed by atoms with E-state index in [0.717, 1.165) is 6.42 Å². The van der Waals surface area contributed by atoms with Crippen molar-refractivity contribution in [2.24, 2.45) is 5.84 Å². The summed E-state index contributed by atoms with van der Waals surface area (Å²) < 4.78 is 0. The normalized spacial score (nSPS) is 9.81. The number of nitro groups is 1. The van der Waals surface area contributed by atoms with Crippen LogP contribution in [0, 0.1) is 10.1 Å². The van der Waals surface area contributed by atoms with Crippen molar-refractivity contribution >= 4 is 23.2 Å². The van der Waals surface area contributed by atoms with Crippen molar-refractivity contribution in [1.82, 2.24) is 10.6 Å². The highest BCUT2D eigenvalue weighted by Crippen LogP contribution is 2.27. The Hall–Kier alpha value is -2.68. The fourth-order valence-corrected chi connectivity index (χ4v) is 1.62. The maximum absolute atomic E-state index is 12.0. The zero-order valence-corrected chi connectivity index (χ0v) is 11.5. The lowest BCUT2D eigenvalue weighted by atomic mass is 10.1. The lowest BCUT2D eigenvalue weighted by Crippen LogP contribution is -2.37. The van der Waals surface area contributed by atoms with Gasteiger partial charge in [0.25, 0.3) is 11.6 Å². The summed E-state index contributed by atoms with van der Waals surface area (Å²) in [5, 5.41) is 15.8. The number of nitro benzene ring substituents is 1. The number of nitrogens with zero attached hydrogens (tertiary/aromatic N) is 1. The molecule has 0 heterocycles. The lowest BCUT2D eigenvalue weighted by molar-refractivity contribution is -0.384. The number of anilines is 1. The van der Waals surface area contributed by atoms with Crippen LogP contribution >= 0.6 is 0 Å². The molecule has 0 fully saturated rings. The minimum atomic E-state index is -0.653. The van der Waals surface area contributed by atoms with Gasteiger partial charge in [0.1, 0.15) is 5.69 Å². The molecule has 0 unspecified atom stereocenters. The second-order valence-electron chi connectivity index (χ2n) is 4.13. The van der Waals surface area contributed by atoms with Crippen LogP contribution in [-0.2, 0) is 4.79 Å². The Labute approximate surface area is 121 Å². The molecule has 5 N–H and O–H groups in total. The molecule has 0 spiro atoms. The number of amides is 2. The number of para-hydroxylation sites is 1. The van der Waals surface area contributed by atoms with Gasteiger partial charge in [-0.3, -0.25) is 25.5 Å². The molecule has 0 aliphatic heterocycles. The van der Waals surface area contributed by atoms with E-state index in [1.807, 2.05) is 6.92 Å². The van der Waals surface area contributed by atoms with E-state index < -0.39 is 10.8 Å². The first-order valence-electron chi connectivity index (χ1n) is 6.30. The number of carbonyl (C=O) groups is 2. The van der Waals surface area contributed by atoms with Crippen LogP contribution in [0.5, 0.6) is 0 Å². The molecule has 0 aliphatic carbocycles.